The molecule has 4 aromatic rings. The number of ether oxygens (including phenoxy) is 1. The number of alkyl halides is 2. The van der Waals surface area contributed by atoms with Crippen LogP contribution in [0.4, 0.5) is 20.4 Å². The molecule has 1 aromatic carbocycles. The van der Waals surface area contributed by atoms with Gasteiger partial charge >= 0.3 is 6.55 Å². The van der Waals surface area contributed by atoms with Gasteiger partial charge in [0.05, 0.1) is 31.3 Å². The Bertz CT molecular complexity index is 1170. The maximum atomic E-state index is 12.7. The van der Waals surface area contributed by atoms with Crippen LogP contribution in [0, 0.1) is 0 Å². The van der Waals surface area contributed by atoms with Crippen molar-refractivity contribution in [3.8, 4) is 11.1 Å². The lowest BCUT2D eigenvalue weighted by Crippen LogP contribution is -2.35. The van der Waals surface area contributed by atoms with E-state index in [0.717, 1.165) is 44.0 Å². The highest BCUT2D eigenvalue weighted by molar-refractivity contribution is 5.78. The van der Waals surface area contributed by atoms with Crippen molar-refractivity contribution in [3.05, 3.63) is 60.6 Å². The van der Waals surface area contributed by atoms with E-state index >= 15 is 0 Å². The number of nitrogens with zero attached hydrogens (tertiary/aromatic N) is 6. The van der Waals surface area contributed by atoms with Crippen LogP contribution in [0.25, 0.3) is 16.8 Å². The summed E-state index contributed by atoms with van der Waals surface area (Å²) in [4.78, 5) is 6.93. The molecular weight excluding hydrogens is 404 g/mol. The molecule has 1 fully saturated rings. The van der Waals surface area contributed by atoms with Crippen LogP contribution in [0.15, 0.2) is 55.0 Å². The third-order valence-corrected chi connectivity index (χ3v) is 5.19. The summed E-state index contributed by atoms with van der Waals surface area (Å²) in [6, 6.07) is 12.3. The van der Waals surface area contributed by atoms with Crippen LogP contribution in [0.1, 0.15) is 12.1 Å². The van der Waals surface area contributed by atoms with Gasteiger partial charge in [0.1, 0.15) is 0 Å². The van der Waals surface area contributed by atoms with Gasteiger partial charge in [0.15, 0.2) is 5.65 Å². The van der Waals surface area contributed by atoms with Crippen molar-refractivity contribution in [2.24, 2.45) is 0 Å². The zero-order valence-electron chi connectivity index (χ0n) is 16.7. The fourth-order valence-electron chi connectivity index (χ4n) is 3.63. The van der Waals surface area contributed by atoms with E-state index in [2.05, 4.69) is 49.7 Å². The van der Waals surface area contributed by atoms with Crippen molar-refractivity contribution < 1.29 is 13.5 Å². The highest BCUT2D eigenvalue weighted by Crippen LogP contribution is 2.26. The van der Waals surface area contributed by atoms with Crippen LogP contribution in [0.3, 0.4) is 0 Å². The van der Waals surface area contributed by atoms with Gasteiger partial charge in [-0.3, -0.25) is 4.90 Å². The van der Waals surface area contributed by atoms with Crippen molar-refractivity contribution in [1.29, 1.82) is 0 Å². The molecule has 3 aromatic heterocycles. The van der Waals surface area contributed by atoms with Crippen molar-refractivity contribution >= 4 is 17.3 Å². The van der Waals surface area contributed by atoms with Crippen LogP contribution in [-0.4, -0.2) is 55.6 Å². The molecule has 0 unspecified atom stereocenters. The van der Waals surface area contributed by atoms with E-state index in [4.69, 9.17) is 4.74 Å². The first-order valence-electron chi connectivity index (χ1n) is 10.00. The molecule has 0 spiro atoms. The highest BCUT2D eigenvalue weighted by atomic mass is 19.3. The lowest BCUT2D eigenvalue weighted by atomic mass is 10.0. The molecule has 1 N–H and O–H groups in total. The number of hydrogen-bond donors (Lipinski definition) is 1. The van der Waals surface area contributed by atoms with Crippen molar-refractivity contribution in [2.75, 3.05) is 31.6 Å². The van der Waals surface area contributed by atoms with Gasteiger partial charge in [-0.05, 0) is 23.3 Å². The summed E-state index contributed by atoms with van der Waals surface area (Å²) in [5.74, 6) is 0.310. The molecule has 4 heterocycles. The number of benzene rings is 1. The molecule has 5 rings (SSSR count). The Morgan fingerprint density at radius 3 is 2.65 bits per heavy atom. The number of aromatic nitrogens is 5. The van der Waals surface area contributed by atoms with E-state index in [1.54, 1.807) is 10.7 Å². The number of hydrogen-bond acceptors (Lipinski definition) is 6. The largest absolute Gasteiger partial charge is 0.379 e. The smallest absolute Gasteiger partial charge is 0.333 e. The normalized spacial score (nSPS) is 15.1. The Balaban J connectivity index is 1.37. The van der Waals surface area contributed by atoms with Crippen LogP contribution in [-0.2, 0) is 11.3 Å². The molecule has 0 bridgehead atoms. The number of fused-ring (bicyclic) bond motifs is 1. The van der Waals surface area contributed by atoms with Gasteiger partial charge in [0.2, 0.25) is 5.95 Å². The molecule has 0 atom stereocenters. The molecule has 0 radical (unpaired) electrons. The van der Waals surface area contributed by atoms with Gasteiger partial charge in [-0.25, -0.2) is 9.20 Å². The standard InChI is InChI=1S/C21H21F2N7O/c22-20(23)30-14-17(12-24-30)25-21-26-19-18(2-1-7-29(19)27-21)16-5-3-15(4-6-16)13-28-8-10-31-11-9-28/h1-7,12,14,20H,8-11,13H2,(H,25,27). The molecule has 1 saturated heterocycles. The second-order valence-electron chi connectivity index (χ2n) is 7.32. The maximum Gasteiger partial charge on any atom is 0.333 e. The number of halogens is 2. The van der Waals surface area contributed by atoms with Gasteiger partial charge in [-0.2, -0.15) is 18.9 Å². The van der Waals surface area contributed by atoms with E-state index in [9.17, 15) is 8.78 Å². The van der Waals surface area contributed by atoms with Crippen LogP contribution < -0.4 is 5.32 Å². The van der Waals surface area contributed by atoms with Crippen molar-refractivity contribution in [1.82, 2.24) is 29.3 Å². The van der Waals surface area contributed by atoms with Crippen molar-refractivity contribution in [3.63, 3.8) is 0 Å². The predicted molar refractivity (Wildman–Crippen MR) is 111 cm³/mol. The van der Waals surface area contributed by atoms with Gasteiger partial charge < -0.3 is 10.1 Å². The minimum atomic E-state index is -2.69. The molecule has 1 aliphatic rings. The van der Waals surface area contributed by atoms with Crippen molar-refractivity contribution in [2.45, 2.75) is 13.1 Å². The van der Waals surface area contributed by atoms with E-state index < -0.39 is 6.55 Å². The summed E-state index contributed by atoms with van der Waals surface area (Å²) in [5, 5.41) is 10.9. The SMILES string of the molecule is FC(F)n1cc(Nc2nc3c(-c4ccc(CN5CCOCC5)cc4)cccn3n2)cn1. The van der Waals surface area contributed by atoms with E-state index in [0.29, 0.717) is 22.0 Å². The molecular formula is C21H21F2N7O. The van der Waals surface area contributed by atoms with E-state index in [1.807, 2.05) is 12.1 Å². The summed E-state index contributed by atoms with van der Waals surface area (Å²) in [7, 11) is 0. The van der Waals surface area contributed by atoms with E-state index in [1.165, 1.54) is 18.0 Å². The molecule has 160 valence electrons. The Morgan fingerprint density at radius 1 is 1.10 bits per heavy atom. The molecule has 31 heavy (non-hydrogen) atoms. The average Bonchev–Trinajstić information content (AvgIpc) is 3.42. The first-order chi connectivity index (χ1) is 15.2. The highest BCUT2D eigenvalue weighted by Gasteiger charge is 2.13. The quantitative estimate of drug-likeness (QED) is 0.509. The third-order valence-electron chi connectivity index (χ3n) is 5.19. The second-order valence-corrected chi connectivity index (χ2v) is 7.32. The summed E-state index contributed by atoms with van der Waals surface area (Å²) in [5.41, 5.74) is 4.28. The molecule has 0 aliphatic carbocycles. The fourth-order valence-corrected chi connectivity index (χ4v) is 3.63. The minimum absolute atomic E-state index is 0.310. The Kier molecular flexibility index (Phi) is 5.31. The Hall–Kier alpha value is -3.37. The number of rotatable bonds is 6. The zero-order chi connectivity index (χ0) is 21.2. The Morgan fingerprint density at radius 2 is 1.90 bits per heavy atom. The lowest BCUT2D eigenvalue weighted by molar-refractivity contribution is 0.0342. The van der Waals surface area contributed by atoms with Gasteiger partial charge in [0.25, 0.3) is 0 Å². The number of nitrogens with one attached hydrogen (secondary N) is 1. The maximum absolute atomic E-state index is 12.7. The summed E-state index contributed by atoms with van der Waals surface area (Å²) >= 11 is 0. The molecule has 8 nitrogen and oxygen atoms in total. The van der Waals surface area contributed by atoms with E-state index in [-0.39, 0.29) is 0 Å². The van der Waals surface area contributed by atoms with Crippen LogP contribution in [0.5, 0.6) is 0 Å². The molecule has 0 saturated carbocycles. The van der Waals surface area contributed by atoms with Gasteiger partial charge in [0, 0.05) is 31.4 Å². The van der Waals surface area contributed by atoms with Gasteiger partial charge in [-0.15, -0.1) is 5.10 Å². The lowest BCUT2D eigenvalue weighted by Gasteiger charge is -2.26. The summed E-state index contributed by atoms with van der Waals surface area (Å²) < 4.78 is 33.1. The van der Waals surface area contributed by atoms with Gasteiger partial charge in [-0.1, -0.05) is 24.3 Å². The van der Waals surface area contributed by atoms with Crippen LogP contribution >= 0.6 is 0 Å². The number of anilines is 2. The summed E-state index contributed by atoms with van der Waals surface area (Å²) in [6.07, 6.45) is 4.32. The monoisotopic (exact) mass is 425 g/mol. The first-order valence-corrected chi connectivity index (χ1v) is 10.00. The number of morpholine rings is 1. The molecule has 0 amide bonds. The first kappa shape index (κ1) is 19.6. The average molecular weight is 425 g/mol. The minimum Gasteiger partial charge on any atom is -0.379 e. The topological polar surface area (TPSA) is 72.5 Å². The molecule has 10 heteroatoms. The van der Waals surface area contributed by atoms with Crippen LogP contribution in [0.2, 0.25) is 0 Å². The zero-order valence-corrected chi connectivity index (χ0v) is 16.7. The summed E-state index contributed by atoms with van der Waals surface area (Å²) in [6.45, 7) is 1.68. The second kappa shape index (κ2) is 8.40. The Labute approximate surface area is 177 Å². The fraction of sp³-hybridized carbons (Fsp3) is 0.286. The predicted octanol–water partition coefficient (Wildman–Crippen LogP) is 3.56. The molecule has 1 aliphatic heterocycles. The third kappa shape index (κ3) is 4.25. The number of pyridine rings is 1.